The number of carbonyl (C=O) groups is 1. The van der Waals surface area contributed by atoms with E-state index >= 15 is 0 Å². The highest BCUT2D eigenvalue weighted by atomic mass is 32.2. The molecule has 1 aliphatic rings. The van der Waals surface area contributed by atoms with Crippen LogP contribution >= 0.6 is 0 Å². The number of carbonyl (C=O) groups excluding carboxylic acids is 1. The van der Waals surface area contributed by atoms with E-state index in [1.54, 1.807) is 18.3 Å². The molecule has 1 saturated heterocycles. The molecule has 0 atom stereocenters. The third-order valence-corrected chi connectivity index (χ3v) is 2.66. The number of anilines is 1. The Labute approximate surface area is 104 Å². The van der Waals surface area contributed by atoms with Crippen LogP contribution in [0.5, 0.6) is 0 Å². The molecule has 0 bridgehead atoms. The van der Waals surface area contributed by atoms with Crippen molar-refractivity contribution in [3.05, 3.63) is 36.1 Å². The average Bonchev–Trinajstić information content (AvgIpc) is 2.68. The largest absolute Gasteiger partial charge is 0.360 e. The molecule has 8 nitrogen and oxygen atoms in total. The van der Waals surface area contributed by atoms with Crippen molar-refractivity contribution in [3.8, 4) is 0 Å². The van der Waals surface area contributed by atoms with Gasteiger partial charge in [0.2, 0.25) is 0 Å². The van der Waals surface area contributed by atoms with Gasteiger partial charge in [-0.2, -0.15) is 0 Å². The van der Waals surface area contributed by atoms with Crippen LogP contribution in [-0.2, 0) is 9.84 Å². The molecule has 0 aliphatic carbocycles. The fraction of sp³-hybridized carbons (Fsp3) is 0.111. The van der Waals surface area contributed by atoms with Gasteiger partial charge in [0.15, 0.2) is 9.84 Å². The highest BCUT2D eigenvalue weighted by molar-refractivity contribution is 7.93. The van der Waals surface area contributed by atoms with E-state index in [9.17, 15) is 13.2 Å². The number of hydrogen-bond donors (Lipinski definition) is 2. The number of urea groups is 1. The van der Waals surface area contributed by atoms with Crippen LogP contribution in [0.1, 0.15) is 0 Å². The molecule has 0 spiro atoms. The fourth-order valence-corrected chi connectivity index (χ4v) is 1.58. The summed E-state index contributed by atoms with van der Waals surface area (Å²) >= 11 is 0. The normalized spacial score (nSPS) is 16.8. The maximum absolute atomic E-state index is 11.9. The average molecular weight is 269 g/mol. The number of nitrogens with one attached hydrogen (secondary N) is 2. The number of pyridine rings is 1. The Kier molecular flexibility index (Phi) is 3.28. The van der Waals surface area contributed by atoms with E-state index in [-0.39, 0.29) is 0 Å². The van der Waals surface area contributed by atoms with Gasteiger partial charge in [0.25, 0.3) is 0 Å². The lowest BCUT2D eigenvalue weighted by Gasteiger charge is -2.12. The molecule has 1 aromatic heterocycles. The van der Waals surface area contributed by atoms with Gasteiger partial charge in [0, 0.05) is 24.1 Å². The molecule has 2 amide bonds. The quantitative estimate of drug-likeness (QED) is 0.786. The van der Waals surface area contributed by atoms with Crippen molar-refractivity contribution in [1.29, 1.82) is 0 Å². The predicted octanol–water partition coefficient (Wildman–Crippen LogP) is -0.236. The summed E-state index contributed by atoms with van der Waals surface area (Å²) in [5.74, 6) is 0. The van der Waals surface area contributed by atoms with Crippen molar-refractivity contribution >= 4 is 21.6 Å². The SMILES string of the molecule is CS(=O)(=O)/C=C/N1NNN(c2cccnc2)C1=O. The highest BCUT2D eigenvalue weighted by Crippen LogP contribution is 2.13. The first kappa shape index (κ1) is 12.5. The Morgan fingerprint density at radius 2 is 2.17 bits per heavy atom. The van der Waals surface area contributed by atoms with Crippen LogP contribution in [0.3, 0.4) is 0 Å². The van der Waals surface area contributed by atoms with Crippen molar-refractivity contribution in [2.24, 2.45) is 0 Å². The summed E-state index contributed by atoms with van der Waals surface area (Å²) in [4.78, 5) is 15.8. The van der Waals surface area contributed by atoms with Gasteiger partial charge in [-0.3, -0.25) is 4.98 Å². The van der Waals surface area contributed by atoms with Gasteiger partial charge in [-0.15, -0.1) is 11.1 Å². The van der Waals surface area contributed by atoms with Gasteiger partial charge < -0.3 is 0 Å². The minimum Gasteiger partial charge on any atom is -0.262 e. The standard InChI is InChI=1S/C9H11N5O3S/c1-18(16,17)6-5-13-9(15)14(12-11-13)8-3-2-4-10-7-8/h2-7,11-12H,1H3/b6-5+. The fourth-order valence-electron chi connectivity index (χ4n) is 1.24. The second-order valence-electron chi connectivity index (χ2n) is 3.54. The first-order valence-corrected chi connectivity index (χ1v) is 6.86. The number of aromatic nitrogens is 1. The number of hydrazine groups is 3. The molecule has 2 rings (SSSR count). The lowest BCUT2D eigenvalue weighted by atomic mass is 10.4. The summed E-state index contributed by atoms with van der Waals surface area (Å²) in [6.07, 6.45) is 5.24. The molecule has 0 unspecified atom stereocenters. The molecule has 0 radical (unpaired) electrons. The van der Waals surface area contributed by atoms with E-state index in [0.717, 1.165) is 22.9 Å². The molecular formula is C9H11N5O3S. The smallest absolute Gasteiger partial charge is 0.262 e. The van der Waals surface area contributed by atoms with Crippen LogP contribution in [0.25, 0.3) is 0 Å². The van der Waals surface area contributed by atoms with Gasteiger partial charge in [0.1, 0.15) is 0 Å². The highest BCUT2D eigenvalue weighted by Gasteiger charge is 2.28. The Hall–Kier alpha value is -1.97. The molecule has 96 valence electrons. The van der Waals surface area contributed by atoms with Crippen molar-refractivity contribution < 1.29 is 13.2 Å². The van der Waals surface area contributed by atoms with Gasteiger partial charge >= 0.3 is 6.03 Å². The minimum atomic E-state index is -3.29. The Morgan fingerprint density at radius 1 is 1.39 bits per heavy atom. The maximum Gasteiger partial charge on any atom is 0.360 e. The van der Waals surface area contributed by atoms with E-state index in [4.69, 9.17) is 0 Å². The van der Waals surface area contributed by atoms with E-state index in [0.29, 0.717) is 5.69 Å². The summed E-state index contributed by atoms with van der Waals surface area (Å²) in [5, 5.41) is 3.12. The Morgan fingerprint density at radius 3 is 2.78 bits per heavy atom. The summed E-state index contributed by atoms with van der Waals surface area (Å²) in [6.45, 7) is 0. The van der Waals surface area contributed by atoms with Crippen LogP contribution in [-0.4, -0.2) is 30.7 Å². The summed E-state index contributed by atoms with van der Waals surface area (Å²) in [6, 6.07) is 2.89. The van der Waals surface area contributed by atoms with Crippen LogP contribution < -0.4 is 16.1 Å². The number of amides is 2. The number of sulfone groups is 1. The van der Waals surface area contributed by atoms with Crippen LogP contribution in [0, 0.1) is 0 Å². The Balaban J connectivity index is 2.13. The lowest BCUT2D eigenvalue weighted by molar-refractivity contribution is 0.223. The van der Waals surface area contributed by atoms with E-state index in [2.05, 4.69) is 16.1 Å². The van der Waals surface area contributed by atoms with Gasteiger partial charge in [-0.25, -0.2) is 23.2 Å². The summed E-state index contributed by atoms with van der Waals surface area (Å²) in [5.41, 5.74) is 5.62. The molecule has 0 aromatic carbocycles. The molecular weight excluding hydrogens is 258 g/mol. The second-order valence-corrected chi connectivity index (χ2v) is 5.47. The van der Waals surface area contributed by atoms with Gasteiger partial charge in [-0.05, 0) is 12.1 Å². The van der Waals surface area contributed by atoms with E-state index < -0.39 is 15.9 Å². The topological polar surface area (TPSA) is 94.6 Å². The maximum atomic E-state index is 11.9. The van der Waals surface area contributed by atoms with Crippen LogP contribution in [0.2, 0.25) is 0 Å². The molecule has 0 saturated carbocycles. The van der Waals surface area contributed by atoms with Crippen LogP contribution in [0.15, 0.2) is 36.1 Å². The van der Waals surface area contributed by atoms with Crippen molar-refractivity contribution in [3.63, 3.8) is 0 Å². The minimum absolute atomic E-state index is 0.470. The van der Waals surface area contributed by atoms with Gasteiger partial charge in [-0.1, -0.05) is 0 Å². The number of nitrogens with zero attached hydrogens (tertiary/aromatic N) is 3. The van der Waals surface area contributed by atoms with Crippen molar-refractivity contribution in [2.45, 2.75) is 0 Å². The van der Waals surface area contributed by atoms with Crippen LogP contribution in [0.4, 0.5) is 10.5 Å². The molecule has 1 aromatic rings. The molecule has 2 heterocycles. The van der Waals surface area contributed by atoms with E-state index in [1.807, 2.05) is 0 Å². The zero-order valence-electron chi connectivity index (χ0n) is 9.44. The van der Waals surface area contributed by atoms with Gasteiger partial charge in [0.05, 0.1) is 11.9 Å². The third-order valence-electron chi connectivity index (χ3n) is 2.04. The zero-order valence-corrected chi connectivity index (χ0v) is 10.3. The number of rotatable bonds is 3. The lowest BCUT2D eigenvalue weighted by Crippen LogP contribution is -2.37. The molecule has 1 aliphatic heterocycles. The first-order valence-electron chi connectivity index (χ1n) is 4.90. The van der Waals surface area contributed by atoms with Crippen molar-refractivity contribution in [2.75, 3.05) is 11.3 Å². The Bertz CT molecular complexity index is 571. The second kappa shape index (κ2) is 4.72. The van der Waals surface area contributed by atoms with Crippen molar-refractivity contribution in [1.82, 2.24) is 21.1 Å². The summed E-state index contributed by atoms with van der Waals surface area (Å²) in [7, 11) is -3.29. The summed E-state index contributed by atoms with van der Waals surface area (Å²) < 4.78 is 21.9. The van der Waals surface area contributed by atoms with E-state index in [1.165, 1.54) is 11.2 Å². The molecule has 1 fully saturated rings. The predicted molar refractivity (Wildman–Crippen MR) is 64.2 cm³/mol. The first-order chi connectivity index (χ1) is 8.47. The third kappa shape index (κ3) is 2.83. The molecule has 2 N–H and O–H groups in total. The zero-order chi connectivity index (χ0) is 13.2. The number of hydrogen-bond acceptors (Lipinski definition) is 6. The monoisotopic (exact) mass is 269 g/mol. The molecule has 9 heteroatoms. The molecule has 18 heavy (non-hydrogen) atoms.